The van der Waals surface area contributed by atoms with Gasteiger partial charge < -0.3 is 5.11 Å². The van der Waals surface area contributed by atoms with Crippen LogP contribution in [0.25, 0.3) is 6.08 Å². The molecule has 5 nitrogen and oxygen atoms in total. The number of hydrogen-bond acceptors (Lipinski definition) is 3. The van der Waals surface area contributed by atoms with Crippen LogP contribution in [0.2, 0.25) is 0 Å². The quantitative estimate of drug-likeness (QED) is 0.524. The Labute approximate surface area is 118 Å². The number of carbonyl (C=O) groups excluding carboxylic acids is 1. The van der Waals surface area contributed by atoms with Crippen LogP contribution in [0.5, 0.6) is 0 Å². The predicted molar refractivity (Wildman–Crippen MR) is 77.6 cm³/mol. The molecule has 0 bridgehead atoms. The summed E-state index contributed by atoms with van der Waals surface area (Å²) in [5.41, 5.74) is 5.82. The number of hydrazine groups is 1. The van der Waals surface area contributed by atoms with Gasteiger partial charge in [0, 0.05) is 6.08 Å². The van der Waals surface area contributed by atoms with E-state index < -0.39 is 12.0 Å². The highest BCUT2D eigenvalue weighted by molar-refractivity contribution is 5.91. The summed E-state index contributed by atoms with van der Waals surface area (Å²) in [6.07, 6.45) is 3.46. The van der Waals surface area contributed by atoms with Crippen LogP contribution in [0.3, 0.4) is 0 Å². The molecule has 0 saturated carbocycles. The van der Waals surface area contributed by atoms with Crippen molar-refractivity contribution in [1.82, 2.24) is 10.9 Å². The molecule has 1 aromatic rings. The monoisotopic (exact) mass is 276 g/mol. The molecule has 0 aliphatic heterocycles. The highest BCUT2D eigenvalue weighted by atomic mass is 16.4. The average molecular weight is 276 g/mol. The Kier molecular flexibility index (Phi) is 6.46. The van der Waals surface area contributed by atoms with Crippen molar-refractivity contribution in [3.05, 3.63) is 42.0 Å². The maximum absolute atomic E-state index is 11.6. The number of aliphatic carboxylic acids is 1. The number of rotatable bonds is 7. The van der Waals surface area contributed by atoms with Crippen LogP contribution in [-0.2, 0) is 9.59 Å². The summed E-state index contributed by atoms with van der Waals surface area (Å²) in [5.74, 6) is -1.14. The van der Waals surface area contributed by atoms with Gasteiger partial charge in [0.2, 0.25) is 0 Å². The standard InChI is InChI=1S/C15H20N2O3/c1-11(2)10-13(15(19)20)16-17-14(18)9-8-12-6-4-3-5-7-12/h3-9,11,13,16H,10H2,1-2H3,(H,17,18)(H,19,20)/t13-/m0/s1. The molecule has 108 valence electrons. The largest absolute Gasteiger partial charge is 0.480 e. The van der Waals surface area contributed by atoms with Gasteiger partial charge in [-0.25, -0.2) is 5.43 Å². The molecular formula is C15H20N2O3. The van der Waals surface area contributed by atoms with Gasteiger partial charge in [-0.1, -0.05) is 44.2 Å². The van der Waals surface area contributed by atoms with Crippen molar-refractivity contribution in [3.8, 4) is 0 Å². The summed E-state index contributed by atoms with van der Waals surface area (Å²) in [6.45, 7) is 3.85. The Hall–Kier alpha value is -2.14. The van der Waals surface area contributed by atoms with Crippen LogP contribution in [0.15, 0.2) is 36.4 Å². The second kappa shape index (κ2) is 8.12. The predicted octanol–water partition coefficient (Wildman–Crippen LogP) is 1.82. The Morgan fingerprint density at radius 1 is 1.25 bits per heavy atom. The molecule has 1 aromatic carbocycles. The van der Waals surface area contributed by atoms with Gasteiger partial charge in [0.05, 0.1) is 0 Å². The zero-order chi connectivity index (χ0) is 15.0. The molecule has 20 heavy (non-hydrogen) atoms. The van der Waals surface area contributed by atoms with E-state index in [1.165, 1.54) is 6.08 Å². The normalized spacial score (nSPS) is 12.6. The Morgan fingerprint density at radius 3 is 2.45 bits per heavy atom. The molecule has 1 atom stereocenters. The molecule has 0 spiro atoms. The van der Waals surface area contributed by atoms with Crippen molar-refractivity contribution in [2.24, 2.45) is 5.92 Å². The molecule has 0 aliphatic carbocycles. The highest BCUT2D eigenvalue weighted by Gasteiger charge is 2.18. The van der Waals surface area contributed by atoms with E-state index in [0.29, 0.717) is 6.42 Å². The van der Waals surface area contributed by atoms with Crippen LogP contribution < -0.4 is 10.9 Å². The number of carbonyl (C=O) groups is 2. The van der Waals surface area contributed by atoms with Crippen LogP contribution in [0.1, 0.15) is 25.8 Å². The average Bonchev–Trinajstić information content (AvgIpc) is 2.41. The number of nitrogens with one attached hydrogen (secondary N) is 2. The SMILES string of the molecule is CC(C)C[C@H](NNC(=O)C=Cc1ccccc1)C(=O)O. The molecule has 0 aliphatic rings. The fourth-order valence-electron chi connectivity index (χ4n) is 1.63. The van der Waals surface area contributed by atoms with Crippen LogP contribution >= 0.6 is 0 Å². The Bertz CT molecular complexity index is 469. The van der Waals surface area contributed by atoms with Gasteiger partial charge in [-0.2, -0.15) is 0 Å². The third kappa shape index (κ3) is 6.15. The molecule has 0 aromatic heterocycles. The minimum Gasteiger partial charge on any atom is -0.480 e. The lowest BCUT2D eigenvalue weighted by Crippen LogP contribution is -2.48. The first kappa shape index (κ1) is 15.9. The molecule has 0 fully saturated rings. The summed E-state index contributed by atoms with van der Waals surface area (Å²) in [5, 5.41) is 9.01. The van der Waals surface area contributed by atoms with Gasteiger partial charge in [-0.3, -0.25) is 15.0 Å². The minimum atomic E-state index is -0.981. The summed E-state index contributed by atoms with van der Waals surface area (Å²) in [4.78, 5) is 22.6. The maximum Gasteiger partial charge on any atom is 0.322 e. The van der Waals surface area contributed by atoms with E-state index in [4.69, 9.17) is 5.11 Å². The van der Waals surface area contributed by atoms with E-state index in [1.54, 1.807) is 6.08 Å². The van der Waals surface area contributed by atoms with Crippen LogP contribution in [0.4, 0.5) is 0 Å². The van der Waals surface area contributed by atoms with Crippen LogP contribution in [-0.4, -0.2) is 23.0 Å². The molecule has 0 unspecified atom stereocenters. The van der Waals surface area contributed by atoms with E-state index >= 15 is 0 Å². The number of benzene rings is 1. The summed E-state index contributed by atoms with van der Waals surface area (Å²) >= 11 is 0. The fourth-order valence-corrected chi connectivity index (χ4v) is 1.63. The molecule has 3 N–H and O–H groups in total. The van der Waals surface area contributed by atoms with Gasteiger partial charge in [-0.05, 0) is 24.0 Å². The first-order valence-electron chi connectivity index (χ1n) is 6.50. The molecule has 1 rings (SSSR count). The van der Waals surface area contributed by atoms with Gasteiger partial charge in [-0.15, -0.1) is 0 Å². The number of amides is 1. The Morgan fingerprint density at radius 2 is 1.90 bits per heavy atom. The molecule has 0 saturated heterocycles. The van der Waals surface area contributed by atoms with Crippen molar-refractivity contribution in [2.75, 3.05) is 0 Å². The number of carboxylic acids is 1. The topological polar surface area (TPSA) is 78.4 Å². The van der Waals surface area contributed by atoms with Gasteiger partial charge in [0.15, 0.2) is 0 Å². The first-order valence-corrected chi connectivity index (χ1v) is 6.50. The van der Waals surface area contributed by atoms with E-state index in [1.807, 2.05) is 44.2 Å². The van der Waals surface area contributed by atoms with E-state index in [0.717, 1.165) is 5.56 Å². The van der Waals surface area contributed by atoms with E-state index in [-0.39, 0.29) is 11.8 Å². The molecule has 1 amide bonds. The van der Waals surface area contributed by atoms with E-state index in [9.17, 15) is 9.59 Å². The lowest BCUT2D eigenvalue weighted by atomic mass is 10.0. The summed E-state index contributed by atoms with van der Waals surface area (Å²) < 4.78 is 0. The first-order chi connectivity index (χ1) is 9.49. The number of hydrogen-bond donors (Lipinski definition) is 3. The molecule has 0 heterocycles. The summed E-state index contributed by atoms with van der Waals surface area (Å²) in [7, 11) is 0. The summed E-state index contributed by atoms with van der Waals surface area (Å²) in [6, 6.07) is 8.59. The van der Waals surface area contributed by atoms with Crippen molar-refractivity contribution < 1.29 is 14.7 Å². The second-order valence-electron chi connectivity index (χ2n) is 4.90. The van der Waals surface area contributed by atoms with Gasteiger partial charge in [0.1, 0.15) is 6.04 Å². The smallest absolute Gasteiger partial charge is 0.322 e. The van der Waals surface area contributed by atoms with Crippen molar-refractivity contribution in [1.29, 1.82) is 0 Å². The fraction of sp³-hybridized carbons (Fsp3) is 0.333. The van der Waals surface area contributed by atoms with Crippen molar-refractivity contribution in [2.45, 2.75) is 26.3 Å². The van der Waals surface area contributed by atoms with Gasteiger partial charge in [0.25, 0.3) is 5.91 Å². The van der Waals surface area contributed by atoms with Crippen molar-refractivity contribution in [3.63, 3.8) is 0 Å². The minimum absolute atomic E-state index is 0.223. The Balaban J connectivity index is 2.45. The van der Waals surface area contributed by atoms with E-state index in [2.05, 4.69) is 10.9 Å². The molecule has 5 heteroatoms. The highest BCUT2D eigenvalue weighted by Crippen LogP contribution is 2.04. The van der Waals surface area contributed by atoms with Crippen LogP contribution in [0, 0.1) is 5.92 Å². The molecule has 0 radical (unpaired) electrons. The van der Waals surface area contributed by atoms with Crippen molar-refractivity contribution >= 4 is 18.0 Å². The lowest BCUT2D eigenvalue weighted by molar-refractivity contribution is -0.140. The third-order valence-corrected chi connectivity index (χ3v) is 2.60. The maximum atomic E-state index is 11.6. The third-order valence-electron chi connectivity index (χ3n) is 2.60. The number of carboxylic acid groups (broad SMARTS) is 1. The molecular weight excluding hydrogens is 256 g/mol. The zero-order valence-electron chi connectivity index (χ0n) is 11.7. The zero-order valence-corrected chi connectivity index (χ0v) is 11.7. The second-order valence-corrected chi connectivity index (χ2v) is 4.90. The lowest BCUT2D eigenvalue weighted by Gasteiger charge is -2.16. The van der Waals surface area contributed by atoms with Gasteiger partial charge >= 0.3 is 5.97 Å².